The molecule has 1 aromatic carbocycles. The van der Waals surface area contributed by atoms with E-state index in [1.165, 1.54) is 0 Å². The minimum atomic E-state index is 0.150. The molecule has 0 unspecified atom stereocenters. The molecule has 1 fully saturated rings. The molecule has 0 radical (unpaired) electrons. The van der Waals surface area contributed by atoms with Gasteiger partial charge in [0.25, 0.3) is 0 Å². The average Bonchev–Trinajstić information content (AvgIpc) is 3.00. The highest BCUT2D eigenvalue weighted by Gasteiger charge is 2.20. The summed E-state index contributed by atoms with van der Waals surface area (Å²) in [6, 6.07) is 3.66. The number of ether oxygens (including phenoxy) is 3. The van der Waals surface area contributed by atoms with E-state index < -0.39 is 0 Å². The lowest BCUT2D eigenvalue weighted by molar-refractivity contribution is -0.129. The first-order valence-electron chi connectivity index (χ1n) is 6.76. The molecular weight excluding hydrogens is 258 g/mol. The third-order valence-corrected chi connectivity index (χ3v) is 3.54. The molecule has 1 aliphatic heterocycles. The Morgan fingerprint density at radius 2 is 1.60 bits per heavy atom. The van der Waals surface area contributed by atoms with E-state index in [9.17, 15) is 4.79 Å². The number of hydrogen-bond acceptors (Lipinski definition) is 4. The molecule has 0 bridgehead atoms. The predicted octanol–water partition coefficient (Wildman–Crippen LogP) is 1.88. The van der Waals surface area contributed by atoms with Crippen LogP contribution in [0.1, 0.15) is 18.4 Å². The monoisotopic (exact) mass is 279 g/mol. The number of amides is 1. The van der Waals surface area contributed by atoms with Crippen LogP contribution in [-0.4, -0.2) is 45.2 Å². The van der Waals surface area contributed by atoms with Gasteiger partial charge in [-0.1, -0.05) is 0 Å². The number of hydrogen-bond donors (Lipinski definition) is 0. The minimum Gasteiger partial charge on any atom is -0.493 e. The zero-order valence-corrected chi connectivity index (χ0v) is 12.3. The average molecular weight is 279 g/mol. The van der Waals surface area contributed by atoms with E-state index in [2.05, 4.69) is 0 Å². The van der Waals surface area contributed by atoms with Gasteiger partial charge in [0, 0.05) is 13.1 Å². The lowest BCUT2D eigenvalue weighted by atomic mass is 10.1. The lowest BCUT2D eigenvalue weighted by Crippen LogP contribution is -2.29. The fourth-order valence-corrected chi connectivity index (χ4v) is 2.49. The lowest BCUT2D eigenvalue weighted by Gasteiger charge is -2.17. The molecule has 2 rings (SSSR count). The van der Waals surface area contributed by atoms with Crippen LogP contribution in [0.5, 0.6) is 17.2 Å². The van der Waals surface area contributed by atoms with E-state index in [4.69, 9.17) is 14.2 Å². The van der Waals surface area contributed by atoms with Gasteiger partial charge in [-0.3, -0.25) is 4.79 Å². The first kappa shape index (κ1) is 14.5. The summed E-state index contributed by atoms with van der Waals surface area (Å²) >= 11 is 0. The molecule has 0 atom stereocenters. The highest BCUT2D eigenvalue weighted by molar-refractivity contribution is 5.79. The summed E-state index contributed by atoms with van der Waals surface area (Å²) in [5.74, 6) is 1.86. The van der Waals surface area contributed by atoms with Gasteiger partial charge in [0.1, 0.15) is 0 Å². The van der Waals surface area contributed by atoms with Crippen LogP contribution in [0.2, 0.25) is 0 Å². The third kappa shape index (κ3) is 2.98. The first-order chi connectivity index (χ1) is 9.69. The number of rotatable bonds is 5. The second kappa shape index (κ2) is 6.50. The van der Waals surface area contributed by atoms with Crippen molar-refractivity contribution < 1.29 is 19.0 Å². The molecule has 0 aromatic heterocycles. The first-order valence-corrected chi connectivity index (χ1v) is 6.76. The Morgan fingerprint density at radius 1 is 1.05 bits per heavy atom. The molecular formula is C15H21NO4. The third-order valence-electron chi connectivity index (χ3n) is 3.54. The van der Waals surface area contributed by atoms with E-state index in [1.807, 2.05) is 17.0 Å². The van der Waals surface area contributed by atoms with E-state index in [0.717, 1.165) is 31.5 Å². The van der Waals surface area contributed by atoms with Crippen molar-refractivity contribution in [2.24, 2.45) is 0 Å². The van der Waals surface area contributed by atoms with Crippen LogP contribution in [0, 0.1) is 0 Å². The standard InChI is InChI=1S/C15H21NO4/c1-18-12-8-11(9-13(19-2)15(12)20-3)10-14(17)16-6-4-5-7-16/h8-9H,4-7,10H2,1-3H3. The van der Waals surface area contributed by atoms with Gasteiger partial charge in [0.05, 0.1) is 27.8 Å². The number of likely N-dealkylation sites (tertiary alicyclic amines) is 1. The Morgan fingerprint density at radius 3 is 2.05 bits per heavy atom. The van der Waals surface area contributed by atoms with Crippen LogP contribution in [0.3, 0.4) is 0 Å². The quantitative estimate of drug-likeness (QED) is 0.825. The Labute approximate surface area is 119 Å². The summed E-state index contributed by atoms with van der Waals surface area (Å²) in [6.07, 6.45) is 2.55. The summed E-state index contributed by atoms with van der Waals surface area (Å²) in [7, 11) is 4.71. The van der Waals surface area contributed by atoms with Gasteiger partial charge in [-0.2, -0.15) is 0 Å². The normalized spacial score (nSPS) is 14.2. The van der Waals surface area contributed by atoms with E-state index in [-0.39, 0.29) is 5.91 Å². The van der Waals surface area contributed by atoms with Crippen molar-refractivity contribution in [1.29, 1.82) is 0 Å². The maximum atomic E-state index is 12.2. The number of benzene rings is 1. The van der Waals surface area contributed by atoms with Crippen LogP contribution in [-0.2, 0) is 11.2 Å². The summed E-state index contributed by atoms with van der Waals surface area (Å²) < 4.78 is 15.9. The number of carbonyl (C=O) groups excluding carboxylic acids is 1. The van der Waals surface area contributed by atoms with E-state index in [1.54, 1.807) is 21.3 Å². The van der Waals surface area contributed by atoms with Crippen molar-refractivity contribution in [3.8, 4) is 17.2 Å². The molecule has 0 spiro atoms. The molecule has 0 aliphatic carbocycles. The molecule has 20 heavy (non-hydrogen) atoms. The molecule has 1 aromatic rings. The Hall–Kier alpha value is -1.91. The fraction of sp³-hybridized carbons (Fsp3) is 0.533. The summed E-state index contributed by atoms with van der Waals surface area (Å²) in [5, 5.41) is 0. The maximum absolute atomic E-state index is 12.2. The molecule has 110 valence electrons. The summed E-state index contributed by atoms with van der Waals surface area (Å²) in [5.41, 5.74) is 0.872. The van der Waals surface area contributed by atoms with Crippen molar-refractivity contribution >= 4 is 5.91 Å². The van der Waals surface area contributed by atoms with Gasteiger partial charge in [-0.05, 0) is 30.5 Å². The van der Waals surface area contributed by atoms with Gasteiger partial charge in [-0.15, -0.1) is 0 Å². The molecule has 1 heterocycles. The van der Waals surface area contributed by atoms with Crippen molar-refractivity contribution in [1.82, 2.24) is 4.90 Å². The predicted molar refractivity (Wildman–Crippen MR) is 75.6 cm³/mol. The molecule has 1 aliphatic rings. The van der Waals surface area contributed by atoms with E-state index in [0.29, 0.717) is 23.7 Å². The smallest absolute Gasteiger partial charge is 0.226 e. The Bertz CT molecular complexity index is 456. The molecule has 1 amide bonds. The van der Waals surface area contributed by atoms with E-state index >= 15 is 0 Å². The van der Waals surface area contributed by atoms with Crippen molar-refractivity contribution in [3.63, 3.8) is 0 Å². The molecule has 0 saturated carbocycles. The number of nitrogens with zero attached hydrogens (tertiary/aromatic N) is 1. The zero-order valence-electron chi connectivity index (χ0n) is 12.3. The topological polar surface area (TPSA) is 48.0 Å². The van der Waals surface area contributed by atoms with Crippen molar-refractivity contribution in [2.45, 2.75) is 19.3 Å². The van der Waals surface area contributed by atoms with Crippen LogP contribution >= 0.6 is 0 Å². The van der Waals surface area contributed by atoms with Crippen LogP contribution in [0.4, 0.5) is 0 Å². The molecule has 5 heteroatoms. The largest absolute Gasteiger partial charge is 0.493 e. The Balaban J connectivity index is 2.21. The highest BCUT2D eigenvalue weighted by Crippen LogP contribution is 2.38. The van der Waals surface area contributed by atoms with Crippen LogP contribution in [0.15, 0.2) is 12.1 Å². The van der Waals surface area contributed by atoms with Gasteiger partial charge in [0.15, 0.2) is 11.5 Å². The van der Waals surface area contributed by atoms with Gasteiger partial charge < -0.3 is 19.1 Å². The maximum Gasteiger partial charge on any atom is 0.226 e. The van der Waals surface area contributed by atoms with Crippen LogP contribution in [0.25, 0.3) is 0 Å². The molecule has 5 nitrogen and oxygen atoms in total. The van der Waals surface area contributed by atoms with Crippen molar-refractivity contribution in [3.05, 3.63) is 17.7 Å². The number of methoxy groups -OCH3 is 3. The minimum absolute atomic E-state index is 0.150. The van der Waals surface area contributed by atoms with Gasteiger partial charge >= 0.3 is 0 Å². The summed E-state index contributed by atoms with van der Waals surface area (Å²) in [4.78, 5) is 14.1. The molecule has 1 saturated heterocycles. The second-order valence-electron chi connectivity index (χ2n) is 4.80. The SMILES string of the molecule is COc1cc(CC(=O)N2CCCC2)cc(OC)c1OC. The fourth-order valence-electron chi connectivity index (χ4n) is 2.49. The highest BCUT2D eigenvalue weighted by atomic mass is 16.5. The van der Waals surface area contributed by atoms with Gasteiger partial charge in [-0.25, -0.2) is 0 Å². The molecule has 0 N–H and O–H groups in total. The number of carbonyl (C=O) groups is 1. The Kier molecular flexibility index (Phi) is 4.71. The summed E-state index contributed by atoms with van der Waals surface area (Å²) in [6.45, 7) is 1.73. The van der Waals surface area contributed by atoms with Crippen molar-refractivity contribution in [2.75, 3.05) is 34.4 Å². The second-order valence-corrected chi connectivity index (χ2v) is 4.80. The van der Waals surface area contributed by atoms with Gasteiger partial charge in [0.2, 0.25) is 11.7 Å². The zero-order chi connectivity index (χ0) is 14.5. The van der Waals surface area contributed by atoms with Crippen LogP contribution < -0.4 is 14.2 Å².